The molecule has 190 valence electrons. The highest BCUT2D eigenvalue weighted by Gasteiger charge is 2.34. The summed E-state index contributed by atoms with van der Waals surface area (Å²) < 4.78 is 25.6. The lowest BCUT2D eigenvalue weighted by molar-refractivity contribution is 0.0784. The molecule has 2 aromatic heterocycles. The predicted molar refractivity (Wildman–Crippen MR) is 131 cm³/mol. The summed E-state index contributed by atoms with van der Waals surface area (Å²) in [7, 11) is 2.95. The van der Waals surface area contributed by atoms with Crippen molar-refractivity contribution >= 4 is 5.91 Å². The predicted octanol–water partition coefficient (Wildman–Crippen LogP) is 3.46. The number of benzene rings is 1. The zero-order chi connectivity index (χ0) is 25.8. The van der Waals surface area contributed by atoms with E-state index in [-0.39, 0.29) is 12.5 Å². The van der Waals surface area contributed by atoms with E-state index in [0.29, 0.717) is 48.1 Å². The molecule has 1 aliphatic heterocycles. The molecular formula is C26H29FN4O5. The van der Waals surface area contributed by atoms with Gasteiger partial charge in [0.1, 0.15) is 28.8 Å². The first-order valence-electron chi connectivity index (χ1n) is 11.9. The summed E-state index contributed by atoms with van der Waals surface area (Å²) in [6.45, 7) is 2.65. The SMILES string of the molecule is CCCCc1nc(O)c(C(=O)N2CCC(c3ccc(F)cn3)C2)c(=O)n1-c1c(OC)cccc1OC. The van der Waals surface area contributed by atoms with Crippen LogP contribution < -0.4 is 15.0 Å². The van der Waals surface area contributed by atoms with Crippen molar-refractivity contribution in [3.8, 4) is 23.1 Å². The Hall–Kier alpha value is -3.95. The summed E-state index contributed by atoms with van der Waals surface area (Å²) in [5.74, 6) is -0.744. The second-order valence-electron chi connectivity index (χ2n) is 8.62. The average molecular weight is 497 g/mol. The van der Waals surface area contributed by atoms with Crippen LogP contribution in [0, 0.1) is 5.82 Å². The highest BCUT2D eigenvalue weighted by atomic mass is 19.1. The van der Waals surface area contributed by atoms with E-state index in [2.05, 4.69) is 9.97 Å². The van der Waals surface area contributed by atoms with Gasteiger partial charge in [0.2, 0.25) is 5.88 Å². The van der Waals surface area contributed by atoms with Gasteiger partial charge in [0.25, 0.3) is 11.5 Å². The highest BCUT2D eigenvalue weighted by molar-refractivity contribution is 5.96. The zero-order valence-electron chi connectivity index (χ0n) is 20.5. The first kappa shape index (κ1) is 25.2. The number of aryl methyl sites for hydroxylation is 1. The Bertz CT molecular complexity index is 1290. The van der Waals surface area contributed by atoms with Crippen LogP contribution in [-0.4, -0.2) is 57.8 Å². The lowest BCUT2D eigenvalue weighted by Gasteiger charge is -2.21. The number of hydrogen-bond donors (Lipinski definition) is 1. The maximum absolute atomic E-state index is 13.8. The van der Waals surface area contributed by atoms with Gasteiger partial charge in [-0.25, -0.2) is 4.39 Å². The van der Waals surface area contributed by atoms with Crippen molar-refractivity contribution in [1.29, 1.82) is 0 Å². The van der Waals surface area contributed by atoms with Gasteiger partial charge in [0, 0.05) is 31.1 Å². The fourth-order valence-corrected chi connectivity index (χ4v) is 4.50. The van der Waals surface area contributed by atoms with Crippen LogP contribution in [0.15, 0.2) is 41.3 Å². The van der Waals surface area contributed by atoms with Crippen molar-refractivity contribution in [3.63, 3.8) is 0 Å². The molecule has 0 bridgehead atoms. The number of methoxy groups -OCH3 is 2. The number of likely N-dealkylation sites (tertiary alicyclic amines) is 1. The van der Waals surface area contributed by atoms with Gasteiger partial charge in [-0.2, -0.15) is 4.98 Å². The fraction of sp³-hybridized carbons (Fsp3) is 0.385. The molecule has 3 aromatic rings. The van der Waals surface area contributed by atoms with Crippen molar-refractivity contribution in [3.05, 3.63) is 69.8 Å². The van der Waals surface area contributed by atoms with Gasteiger partial charge in [-0.05, 0) is 37.1 Å². The number of para-hydroxylation sites is 1. The third kappa shape index (κ3) is 4.75. The van der Waals surface area contributed by atoms with Gasteiger partial charge in [-0.15, -0.1) is 0 Å². The molecule has 10 heteroatoms. The summed E-state index contributed by atoms with van der Waals surface area (Å²) in [6, 6.07) is 8.02. The molecule has 1 amide bonds. The molecule has 1 fully saturated rings. The van der Waals surface area contributed by atoms with Crippen LogP contribution in [0.3, 0.4) is 0 Å². The summed E-state index contributed by atoms with van der Waals surface area (Å²) >= 11 is 0. The lowest BCUT2D eigenvalue weighted by Crippen LogP contribution is -2.37. The highest BCUT2D eigenvalue weighted by Crippen LogP contribution is 2.33. The van der Waals surface area contributed by atoms with Gasteiger partial charge in [-0.1, -0.05) is 19.4 Å². The molecule has 1 unspecified atom stereocenters. The molecule has 3 heterocycles. The fourth-order valence-electron chi connectivity index (χ4n) is 4.50. The molecule has 0 radical (unpaired) electrons. The quantitative estimate of drug-likeness (QED) is 0.509. The number of aromatic nitrogens is 3. The van der Waals surface area contributed by atoms with E-state index in [9.17, 15) is 19.1 Å². The van der Waals surface area contributed by atoms with E-state index in [4.69, 9.17) is 9.47 Å². The van der Waals surface area contributed by atoms with E-state index in [1.807, 2.05) is 6.92 Å². The zero-order valence-corrected chi connectivity index (χ0v) is 20.5. The minimum atomic E-state index is -0.704. The Morgan fingerprint density at radius 3 is 2.53 bits per heavy atom. The van der Waals surface area contributed by atoms with Crippen LogP contribution in [0.5, 0.6) is 17.4 Å². The third-order valence-corrected chi connectivity index (χ3v) is 6.37. The van der Waals surface area contributed by atoms with Crippen molar-refractivity contribution in [2.75, 3.05) is 27.3 Å². The number of ether oxygens (including phenoxy) is 2. The molecule has 4 rings (SSSR count). The average Bonchev–Trinajstić information content (AvgIpc) is 3.38. The van der Waals surface area contributed by atoms with Crippen LogP contribution in [0.25, 0.3) is 5.69 Å². The molecule has 1 aromatic carbocycles. The van der Waals surface area contributed by atoms with Crippen LogP contribution in [0.4, 0.5) is 4.39 Å². The van der Waals surface area contributed by atoms with E-state index in [1.54, 1.807) is 24.3 Å². The largest absolute Gasteiger partial charge is 0.494 e. The maximum atomic E-state index is 13.8. The minimum absolute atomic E-state index is 0.106. The lowest BCUT2D eigenvalue weighted by atomic mass is 10.0. The van der Waals surface area contributed by atoms with E-state index < -0.39 is 28.7 Å². The normalized spacial score (nSPS) is 15.2. The van der Waals surface area contributed by atoms with E-state index in [1.165, 1.54) is 29.8 Å². The van der Waals surface area contributed by atoms with Crippen molar-refractivity contribution in [2.45, 2.75) is 38.5 Å². The third-order valence-electron chi connectivity index (χ3n) is 6.37. The van der Waals surface area contributed by atoms with Crippen LogP contribution >= 0.6 is 0 Å². The van der Waals surface area contributed by atoms with Gasteiger partial charge in [0.05, 0.1) is 20.4 Å². The molecule has 1 aliphatic rings. The first-order valence-corrected chi connectivity index (χ1v) is 11.9. The number of carbonyl (C=O) groups excluding carboxylic acids is 1. The van der Waals surface area contributed by atoms with E-state index >= 15 is 0 Å². The van der Waals surface area contributed by atoms with Crippen molar-refractivity contribution < 1.29 is 23.8 Å². The Kier molecular flexibility index (Phi) is 7.52. The molecule has 0 saturated carbocycles. The standard InChI is InChI=1S/C26H29FN4O5/c1-4-5-9-21-29-24(32)22(26(34)31(21)23-19(35-2)7-6-8-20(23)36-3)25(33)30-13-12-16(15-30)18-11-10-17(27)14-28-18/h6-8,10-11,14,16,32H,4-5,9,12-13,15H2,1-3H3. The van der Waals surface area contributed by atoms with E-state index in [0.717, 1.165) is 19.0 Å². The monoisotopic (exact) mass is 496 g/mol. The second-order valence-corrected chi connectivity index (χ2v) is 8.62. The number of rotatable bonds is 8. The van der Waals surface area contributed by atoms with Crippen molar-refractivity contribution in [1.82, 2.24) is 19.4 Å². The van der Waals surface area contributed by atoms with Crippen LogP contribution in [0.2, 0.25) is 0 Å². The van der Waals surface area contributed by atoms with Crippen LogP contribution in [0.1, 0.15) is 54.0 Å². The molecule has 9 nitrogen and oxygen atoms in total. The second kappa shape index (κ2) is 10.8. The Labute approximate surface area is 208 Å². The van der Waals surface area contributed by atoms with Gasteiger partial charge >= 0.3 is 0 Å². The molecule has 0 aliphatic carbocycles. The number of carbonyl (C=O) groups is 1. The summed E-state index contributed by atoms with van der Waals surface area (Å²) in [6.07, 6.45) is 3.70. The Morgan fingerprint density at radius 2 is 1.92 bits per heavy atom. The first-order chi connectivity index (χ1) is 17.4. The van der Waals surface area contributed by atoms with Crippen LogP contribution in [-0.2, 0) is 6.42 Å². The number of halogens is 1. The Balaban J connectivity index is 1.78. The Morgan fingerprint density at radius 1 is 1.19 bits per heavy atom. The number of aromatic hydroxyl groups is 1. The van der Waals surface area contributed by atoms with Gasteiger partial charge in [0.15, 0.2) is 5.56 Å². The smallest absolute Gasteiger partial charge is 0.275 e. The molecule has 1 saturated heterocycles. The number of hydrogen-bond acceptors (Lipinski definition) is 7. The molecule has 1 N–H and O–H groups in total. The molecular weight excluding hydrogens is 467 g/mol. The topological polar surface area (TPSA) is 107 Å². The molecule has 36 heavy (non-hydrogen) atoms. The van der Waals surface area contributed by atoms with Gasteiger partial charge < -0.3 is 19.5 Å². The minimum Gasteiger partial charge on any atom is -0.494 e. The molecule has 1 atom stereocenters. The summed E-state index contributed by atoms with van der Waals surface area (Å²) in [5.41, 5.74) is -0.143. The number of nitrogens with zero attached hydrogens (tertiary/aromatic N) is 4. The van der Waals surface area contributed by atoms with Crippen molar-refractivity contribution in [2.24, 2.45) is 0 Å². The summed E-state index contributed by atoms with van der Waals surface area (Å²) in [4.78, 5) is 37.3. The molecule has 0 spiro atoms. The number of pyridine rings is 1. The number of amides is 1. The van der Waals surface area contributed by atoms with Gasteiger partial charge in [-0.3, -0.25) is 19.1 Å². The summed E-state index contributed by atoms with van der Waals surface area (Å²) in [5, 5.41) is 10.8. The number of unbranched alkanes of at least 4 members (excludes halogenated alkanes) is 1. The maximum Gasteiger partial charge on any atom is 0.275 e.